The van der Waals surface area contributed by atoms with E-state index in [0.717, 1.165) is 18.6 Å². The summed E-state index contributed by atoms with van der Waals surface area (Å²) in [5.74, 6) is 0.935. The van der Waals surface area contributed by atoms with E-state index in [1.165, 1.54) is 5.04 Å². The lowest BCUT2D eigenvalue weighted by molar-refractivity contribution is 0.289. The summed E-state index contributed by atoms with van der Waals surface area (Å²) in [7, 11) is 0. The van der Waals surface area contributed by atoms with Crippen LogP contribution in [0, 0.1) is 0 Å². The zero-order valence-electron chi connectivity index (χ0n) is 8.85. The Labute approximate surface area is 94.7 Å². The van der Waals surface area contributed by atoms with Crippen molar-refractivity contribution < 1.29 is 4.74 Å². The number of para-hydroxylation sites is 1. The molecule has 0 radical (unpaired) electrons. The summed E-state index contributed by atoms with van der Waals surface area (Å²) < 4.78 is 5.67. The Morgan fingerprint density at radius 3 is 2.87 bits per heavy atom. The Kier molecular flexibility index (Phi) is 3.67. The summed E-state index contributed by atoms with van der Waals surface area (Å²) in [6.07, 6.45) is 4.33. The summed E-state index contributed by atoms with van der Waals surface area (Å²) in [5, 5.41) is 1.26. The fourth-order valence-electron chi connectivity index (χ4n) is 1.61. The molecule has 0 aromatic heterocycles. The molecule has 2 nitrogen and oxygen atoms in total. The van der Waals surface area contributed by atoms with Crippen LogP contribution in [-0.4, -0.2) is 23.9 Å². The van der Waals surface area contributed by atoms with Gasteiger partial charge in [0.2, 0.25) is 0 Å². The van der Waals surface area contributed by atoms with Gasteiger partial charge in [-0.15, -0.1) is 11.8 Å². The van der Waals surface area contributed by atoms with E-state index in [1.807, 2.05) is 30.3 Å². The van der Waals surface area contributed by atoms with Crippen LogP contribution in [0.15, 0.2) is 35.3 Å². The second-order valence-corrected chi connectivity index (χ2v) is 4.42. The molecule has 0 saturated heterocycles. The van der Waals surface area contributed by atoms with Crippen LogP contribution in [0.3, 0.4) is 0 Å². The maximum Gasteiger partial charge on any atom is 0.119 e. The molecule has 3 heteroatoms. The number of aliphatic imine (C=N–C) groups is 1. The van der Waals surface area contributed by atoms with Gasteiger partial charge >= 0.3 is 0 Å². The predicted octanol–water partition coefficient (Wildman–Crippen LogP) is 2.99. The lowest BCUT2D eigenvalue weighted by Crippen LogP contribution is -2.12. The van der Waals surface area contributed by atoms with Gasteiger partial charge in [0.15, 0.2) is 0 Å². The first kappa shape index (κ1) is 10.6. The third-order valence-electron chi connectivity index (χ3n) is 2.44. The van der Waals surface area contributed by atoms with Gasteiger partial charge in [0.25, 0.3) is 0 Å². The van der Waals surface area contributed by atoms with Gasteiger partial charge in [-0.05, 0) is 31.2 Å². The maximum atomic E-state index is 5.67. The lowest BCUT2D eigenvalue weighted by atomic mass is 10.2. The summed E-state index contributed by atoms with van der Waals surface area (Å²) in [4.78, 5) is 4.58. The van der Waals surface area contributed by atoms with Gasteiger partial charge in [-0.3, -0.25) is 4.99 Å². The minimum Gasteiger partial charge on any atom is -0.491 e. The summed E-state index contributed by atoms with van der Waals surface area (Å²) in [5.41, 5.74) is 0. The second kappa shape index (κ2) is 5.21. The SMILES string of the molecule is CSC1=NC(COc2ccccc2)CC1. The second-order valence-electron chi connectivity index (χ2n) is 3.54. The van der Waals surface area contributed by atoms with Gasteiger partial charge in [0.1, 0.15) is 12.4 Å². The van der Waals surface area contributed by atoms with Crippen molar-refractivity contribution in [1.29, 1.82) is 0 Å². The number of thioether (sulfide) groups is 1. The highest BCUT2D eigenvalue weighted by atomic mass is 32.2. The van der Waals surface area contributed by atoms with E-state index in [9.17, 15) is 0 Å². The van der Waals surface area contributed by atoms with Crippen LogP contribution >= 0.6 is 11.8 Å². The van der Waals surface area contributed by atoms with Crippen molar-refractivity contribution in [3.05, 3.63) is 30.3 Å². The highest BCUT2D eigenvalue weighted by molar-refractivity contribution is 8.13. The van der Waals surface area contributed by atoms with Gasteiger partial charge < -0.3 is 4.74 Å². The molecule has 1 aromatic rings. The van der Waals surface area contributed by atoms with Gasteiger partial charge in [-0.2, -0.15) is 0 Å². The van der Waals surface area contributed by atoms with E-state index in [4.69, 9.17) is 4.74 Å². The van der Waals surface area contributed by atoms with Crippen LogP contribution in [0.5, 0.6) is 5.75 Å². The van der Waals surface area contributed by atoms with Crippen molar-refractivity contribution in [2.75, 3.05) is 12.9 Å². The molecule has 80 valence electrons. The molecule has 0 amide bonds. The van der Waals surface area contributed by atoms with E-state index < -0.39 is 0 Å². The van der Waals surface area contributed by atoms with E-state index in [1.54, 1.807) is 11.8 Å². The molecule has 0 bridgehead atoms. The zero-order valence-corrected chi connectivity index (χ0v) is 9.67. The van der Waals surface area contributed by atoms with Crippen molar-refractivity contribution in [1.82, 2.24) is 0 Å². The van der Waals surface area contributed by atoms with Crippen LogP contribution < -0.4 is 4.74 Å². The van der Waals surface area contributed by atoms with Crippen LogP contribution in [0.2, 0.25) is 0 Å². The van der Waals surface area contributed by atoms with Crippen LogP contribution in [0.25, 0.3) is 0 Å². The largest absolute Gasteiger partial charge is 0.491 e. The molecule has 0 spiro atoms. The molecule has 1 aliphatic rings. The fourth-order valence-corrected chi connectivity index (χ4v) is 2.18. The monoisotopic (exact) mass is 221 g/mol. The Hall–Kier alpha value is -0.960. The Bertz CT molecular complexity index is 337. The highest BCUT2D eigenvalue weighted by Gasteiger charge is 2.17. The summed E-state index contributed by atoms with van der Waals surface area (Å²) >= 11 is 1.75. The number of rotatable bonds is 3. The third kappa shape index (κ3) is 2.99. The van der Waals surface area contributed by atoms with Crippen molar-refractivity contribution in [3.8, 4) is 5.75 Å². The first-order valence-corrected chi connectivity index (χ1v) is 6.39. The molecular formula is C12H15NOS. The average Bonchev–Trinajstić information content (AvgIpc) is 2.76. The minimum atomic E-state index is 0.354. The molecule has 0 fully saturated rings. The Morgan fingerprint density at radius 2 is 2.20 bits per heavy atom. The van der Waals surface area contributed by atoms with Gasteiger partial charge in [-0.1, -0.05) is 18.2 Å². The lowest BCUT2D eigenvalue weighted by Gasteiger charge is -2.08. The zero-order chi connectivity index (χ0) is 10.5. The number of benzene rings is 1. The van der Waals surface area contributed by atoms with Crippen molar-refractivity contribution in [2.24, 2.45) is 4.99 Å². The standard InChI is InChI=1S/C12H15NOS/c1-15-12-8-7-10(13-12)9-14-11-5-3-2-4-6-11/h2-6,10H,7-9H2,1H3. The molecule has 1 aromatic carbocycles. The number of hydrogen-bond acceptors (Lipinski definition) is 3. The van der Waals surface area contributed by atoms with Gasteiger partial charge in [0, 0.05) is 0 Å². The molecule has 15 heavy (non-hydrogen) atoms. The van der Waals surface area contributed by atoms with E-state index in [-0.39, 0.29) is 0 Å². The van der Waals surface area contributed by atoms with E-state index in [2.05, 4.69) is 11.2 Å². The van der Waals surface area contributed by atoms with Gasteiger partial charge in [-0.25, -0.2) is 0 Å². The Morgan fingerprint density at radius 1 is 1.40 bits per heavy atom. The molecule has 1 aliphatic heterocycles. The molecular weight excluding hydrogens is 206 g/mol. The molecule has 0 N–H and O–H groups in total. The highest BCUT2D eigenvalue weighted by Crippen LogP contribution is 2.20. The topological polar surface area (TPSA) is 21.6 Å². The summed E-state index contributed by atoms with van der Waals surface area (Å²) in [6.45, 7) is 0.702. The predicted molar refractivity (Wildman–Crippen MR) is 65.9 cm³/mol. The number of ether oxygens (including phenoxy) is 1. The first-order chi connectivity index (χ1) is 7.38. The maximum absolute atomic E-state index is 5.67. The molecule has 0 aliphatic carbocycles. The third-order valence-corrected chi connectivity index (χ3v) is 3.22. The fraction of sp³-hybridized carbons (Fsp3) is 0.417. The van der Waals surface area contributed by atoms with Crippen molar-refractivity contribution in [2.45, 2.75) is 18.9 Å². The van der Waals surface area contributed by atoms with Crippen LogP contribution in [0.4, 0.5) is 0 Å². The number of hydrogen-bond donors (Lipinski definition) is 0. The summed E-state index contributed by atoms with van der Waals surface area (Å²) in [6, 6.07) is 10.3. The smallest absolute Gasteiger partial charge is 0.119 e. The minimum absolute atomic E-state index is 0.354. The molecule has 1 unspecified atom stereocenters. The first-order valence-electron chi connectivity index (χ1n) is 5.17. The molecule has 2 rings (SSSR count). The van der Waals surface area contributed by atoms with Crippen LogP contribution in [-0.2, 0) is 0 Å². The van der Waals surface area contributed by atoms with E-state index >= 15 is 0 Å². The van der Waals surface area contributed by atoms with Gasteiger partial charge in [0.05, 0.1) is 11.1 Å². The van der Waals surface area contributed by atoms with Crippen LogP contribution in [0.1, 0.15) is 12.8 Å². The normalized spacial score (nSPS) is 20.1. The Balaban J connectivity index is 1.82. The van der Waals surface area contributed by atoms with E-state index in [0.29, 0.717) is 12.6 Å². The number of nitrogens with zero attached hydrogens (tertiary/aromatic N) is 1. The quantitative estimate of drug-likeness (QED) is 0.782. The average molecular weight is 221 g/mol. The molecule has 1 heterocycles. The molecule has 0 saturated carbocycles. The molecule has 1 atom stereocenters. The van der Waals surface area contributed by atoms with Crippen molar-refractivity contribution in [3.63, 3.8) is 0 Å². The van der Waals surface area contributed by atoms with Crippen molar-refractivity contribution >= 4 is 16.8 Å².